The summed E-state index contributed by atoms with van der Waals surface area (Å²) in [6, 6.07) is 14.0. The number of thiazole rings is 1. The minimum Gasteiger partial charge on any atom is -0.493 e. The highest BCUT2D eigenvalue weighted by atomic mass is 32.2. The smallest absolute Gasteiger partial charge is 0.254 e. The standard InChI is InChI=1S/C22H24N2O4S3/c1-24(11-6-12-28-18-7-5-8-19(13-18)31(2,26)27)22(25)20-9-3-4-10-21(20)30-15-17-14-29-16-23-17/h3-5,7-10,13-14,16H,6,11-12,15H2,1-2H3. The van der Waals surface area contributed by atoms with Crippen molar-refractivity contribution in [1.29, 1.82) is 0 Å². The van der Waals surface area contributed by atoms with Gasteiger partial charge in [0, 0.05) is 35.9 Å². The van der Waals surface area contributed by atoms with Gasteiger partial charge in [0.15, 0.2) is 9.84 Å². The van der Waals surface area contributed by atoms with E-state index < -0.39 is 9.84 Å². The van der Waals surface area contributed by atoms with E-state index in [1.165, 1.54) is 12.3 Å². The van der Waals surface area contributed by atoms with Gasteiger partial charge >= 0.3 is 0 Å². The molecule has 0 spiro atoms. The molecule has 3 rings (SSSR count). The fourth-order valence-corrected chi connectivity index (χ4v) is 5.09. The van der Waals surface area contributed by atoms with Crippen LogP contribution in [0.25, 0.3) is 0 Å². The zero-order valence-corrected chi connectivity index (χ0v) is 19.8. The summed E-state index contributed by atoms with van der Waals surface area (Å²) in [6.07, 6.45) is 1.79. The molecule has 1 heterocycles. The molecule has 0 saturated carbocycles. The molecular formula is C22H24N2O4S3. The molecule has 0 aliphatic heterocycles. The Morgan fingerprint density at radius 2 is 2.00 bits per heavy atom. The summed E-state index contributed by atoms with van der Waals surface area (Å²) in [5.41, 5.74) is 3.48. The highest BCUT2D eigenvalue weighted by molar-refractivity contribution is 7.98. The van der Waals surface area contributed by atoms with Crippen LogP contribution in [0.2, 0.25) is 0 Å². The topological polar surface area (TPSA) is 76.6 Å². The Kier molecular flexibility index (Phi) is 8.11. The molecule has 0 fully saturated rings. The summed E-state index contributed by atoms with van der Waals surface area (Å²) >= 11 is 3.16. The lowest BCUT2D eigenvalue weighted by molar-refractivity contribution is 0.0784. The number of carbonyl (C=O) groups excluding carboxylic acids is 1. The van der Waals surface area contributed by atoms with Gasteiger partial charge in [0.2, 0.25) is 0 Å². The molecule has 0 aliphatic carbocycles. The molecule has 0 bridgehead atoms. The van der Waals surface area contributed by atoms with Gasteiger partial charge < -0.3 is 9.64 Å². The van der Waals surface area contributed by atoms with E-state index in [9.17, 15) is 13.2 Å². The Bertz CT molecular complexity index is 1120. The number of nitrogens with zero attached hydrogens (tertiary/aromatic N) is 2. The summed E-state index contributed by atoms with van der Waals surface area (Å²) < 4.78 is 29.0. The molecule has 2 aromatic carbocycles. The molecule has 6 nitrogen and oxygen atoms in total. The second-order valence-electron chi connectivity index (χ2n) is 6.94. The van der Waals surface area contributed by atoms with E-state index >= 15 is 0 Å². The van der Waals surface area contributed by atoms with Gasteiger partial charge in [-0.2, -0.15) is 0 Å². The zero-order chi connectivity index (χ0) is 22.3. The minimum atomic E-state index is -3.27. The zero-order valence-electron chi connectivity index (χ0n) is 17.4. The number of sulfone groups is 1. The van der Waals surface area contributed by atoms with Crippen molar-refractivity contribution in [1.82, 2.24) is 9.88 Å². The van der Waals surface area contributed by atoms with E-state index in [0.29, 0.717) is 30.9 Å². The number of hydrogen-bond acceptors (Lipinski definition) is 7. The van der Waals surface area contributed by atoms with Crippen molar-refractivity contribution in [3.05, 3.63) is 70.7 Å². The first-order valence-electron chi connectivity index (χ1n) is 9.62. The molecule has 0 unspecified atom stereocenters. The van der Waals surface area contributed by atoms with Crippen molar-refractivity contribution < 1.29 is 17.9 Å². The van der Waals surface area contributed by atoms with Crippen LogP contribution < -0.4 is 4.74 Å². The van der Waals surface area contributed by atoms with Gasteiger partial charge in [0.25, 0.3) is 5.91 Å². The monoisotopic (exact) mass is 476 g/mol. The van der Waals surface area contributed by atoms with Crippen LogP contribution in [0.1, 0.15) is 22.5 Å². The fourth-order valence-electron chi connectivity index (χ4n) is 2.82. The molecule has 1 amide bonds. The van der Waals surface area contributed by atoms with Crippen LogP contribution >= 0.6 is 23.1 Å². The predicted octanol–water partition coefficient (Wildman–Crippen LogP) is 4.38. The van der Waals surface area contributed by atoms with Gasteiger partial charge in [-0.3, -0.25) is 4.79 Å². The SMILES string of the molecule is CN(CCCOc1cccc(S(C)(=O)=O)c1)C(=O)c1ccccc1SCc1cscn1. The largest absolute Gasteiger partial charge is 0.493 e. The number of benzene rings is 2. The van der Waals surface area contributed by atoms with Crippen LogP contribution in [-0.4, -0.2) is 50.7 Å². The molecule has 0 atom stereocenters. The first-order valence-corrected chi connectivity index (χ1v) is 13.4. The number of carbonyl (C=O) groups is 1. The van der Waals surface area contributed by atoms with Crippen LogP contribution in [0.5, 0.6) is 5.75 Å². The third kappa shape index (κ3) is 6.81. The molecule has 0 N–H and O–H groups in total. The molecule has 0 radical (unpaired) electrons. The number of aromatic nitrogens is 1. The Hall–Kier alpha value is -2.36. The van der Waals surface area contributed by atoms with Gasteiger partial charge in [0.1, 0.15) is 5.75 Å². The summed E-state index contributed by atoms with van der Waals surface area (Å²) in [5, 5.41) is 2.01. The lowest BCUT2D eigenvalue weighted by Gasteiger charge is -2.19. The summed E-state index contributed by atoms with van der Waals surface area (Å²) in [4.78, 5) is 20.1. The molecule has 0 aliphatic rings. The molecule has 164 valence electrons. The van der Waals surface area contributed by atoms with E-state index in [1.807, 2.05) is 29.6 Å². The highest BCUT2D eigenvalue weighted by Gasteiger charge is 2.16. The summed E-state index contributed by atoms with van der Waals surface area (Å²) in [7, 11) is -1.50. The second kappa shape index (κ2) is 10.8. The van der Waals surface area contributed by atoms with Crippen molar-refractivity contribution >= 4 is 38.8 Å². The average molecular weight is 477 g/mol. The number of thioether (sulfide) groups is 1. The van der Waals surface area contributed by atoms with Crippen LogP contribution in [0, 0.1) is 0 Å². The quantitative estimate of drug-likeness (QED) is 0.319. The average Bonchev–Trinajstić information content (AvgIpc) is 3.28. The van der Waals surface area contributed by atoms with Gasteiger partial charge in [-0.15, -0.1) is 23.1 Å². The summed E-state index contributed by atoms with van der Waals surface area (Å²) in [6.45, 7) is 0.904. The van der Waals surface area contributed by atoms with Crippen molar-refractivity contribution in [3.63, 3.8) is 0 Å². The van der Waals surface area contributed by atoms with Crippen molar-refractivity contribution in [2.75, 3.05) is 26.5 Å². The Morgan fingerprint density at radius 1 is 1.19 bits per heavy atom. The van der Waals surface area contributed by atoms with Crippen LogP contribution in [0.15, 0.2) is 69.2 Å². The van der Waals surface area contributed by atoms with Crippen molar-refractivity contribution in [3.8, 4) is 5.75 Å². The van der Waals surface area contributed by atoms with Crippen molar-refractivity contribution in [2.45, 2.75) is 22.0 Å². The lowest BCUT2D eigenvalue weighted by Crippen LogP contribution is -2.29. The first kappa shape index (κ1) is 23.3. The van der Waals surface area contributed by atoms with Crippen LogP contribution in [0.4, 0.5) is 0 Å². The fraction of sp³-hybridized carbons (Fsp3) is 0.273. The van der Waals surface area contributed by atoms with E-state index in [2.05, 4.69) is 4.98 Å². The Balaban J connectivity index is 1.52. The normalized spacial score (nSPS) is 11.3. The van der Waals surface area contributed by atoms with Gasteiger partial charge in [-0.1, -0.05) is 18.2 Å². The number of rotatable bonds is 10. The molecule has 1 aromatic heterocycles. The first-order chi connectivity index (χ1) is 14.8. The van der Waals surface area contributed by atoms with E-state index in [4.69, 9.17) is 4.74 Å². The number of ether oxygens (including phenoxy) is 1. The van der Waals surface area contributed by atoms with E-state index in [0.717, 1.165) is 16.3 Å². The maximum absolute atomic E-state index is 12.9. The third-order valence-corrected chi connectivity index (χ3v) is 7.32. The molecule has 9 heteroatoms. The Morgan fingerprint density at radius 3 is 2.74 bits per heavy atom. The number of amides is 1. The number of hydrogen-bond donors (Lipinski definition) is 0. The van der Waals surface area contributed by atoms with Gasteiger partial charge in [0.05, 0.1) is 28.3 Å². The van der Waals surface area contributed by atoms with E-state index in [1.54, 1.807) is 58.8 Å². The molecular weight excluding hydrogens is 452 g/mol. The lowest BCUT2D eigenvalue weighted by atomic mass is 10.2. The van der Waals surface area contributed by atoms with Crippen LogP contribution in [0.3, 0.4) is 0 Å². The van der Waals surface area contributed by atoms with Gasteiger partial charge in [-0.05, 0) is 36.8 Å². The maximum Gasteiger partial charge on any atom is 0.254 e. The van der Waals surface area contributed by atoms with Crippen LogP contribution in [-0.2, 0) is 15.6 Å². The predicted molar refractivity (Wildman–Crippen MR) is 125 cm³/mol. The minimum absolute atomic E-state index is 0.0412. The summed E-state index contributed by atoms with van der Waals surface area (Å²) in [5.74, 6) is 1.18. The highest BCUT2D eigenvalue weighted by Crippen LogP contribution is 2.27. The van der Waals surface area contributed by atoms with E-state index in [-0.39, 0.29) is 10.8 Å². The molecule has 0 saturated heterocycles. The van der Waals surface area contributed by atoms with Gasteiger partial charge in [-0.25, -0.2) is 13.4 Å². The molecule has 3 aromatic rings. The second-order valence-corrected chi connectivity index (χ2v) is 10.7. The Labute approximate surface area is 191 Å². The third-order valence-electron chi connectivity index (χ3n) is 4.46. The molecule has 31 heavy (non-hydrogen) atoms. The van der Waals surface area contributed by atoms with Crippen molar-refractivity contribution in [2.24, 2.45) is 0 Å². The maximum atomic E-state index is 12.9.